The number of nitrogens with zero attached hydrogens (tertiary/aromatic N) is 1. The highest BCUT2D eigenvalue weighted by atomic mass is 35.5. The minimum Gasteiger partial charge on any atom is -0.326 e. The highest BCUT2D eigenvalue weighted by Gasteiger charge is 2.14. The number of rotatable bonds is 5. The third-order valence-corrected chi connectivity index (χ3v) is 2.72. The van der Waals surface area contributed by atoms with Crippen molar-refractivity contribution < 1.29 is 18.9 Å². The first-order valence-corrected chi connectivity index (χ1v) is 7.35. The molecule has 8 heteroatoms. The van der Waals surface area contributed by atoms with Gasteiger partial charge in [-0.25, -0.2) is 0 Å². The second-order valence-electron chi connectivity index (χ2n) is 3.58. The fourth-order valence-corrected chi connectivity index (χ4v) is 1.41. The maximum Gasteiger partial charge on any atom is 0.316 e. The summed E-state index contributed by atoms with van der Waals surface area (Å²) in [4.78, 5) is 18.4. The monoisotopic (exact) mass is 309 g/mol. The molecular formula is C11H17ClNO5P. The van der Waals surface area contributed by atoms with Crippen LogP contribution in [0.5, 0.6) is 0 Å². The minimum atomic E-state index is -3.09. The third-order valence-electron chi connectivity index (χ3n) is 2.10. The Morgan fingerprint density at radius 1 is 1.42 bits per heavy atom. The zero-order valence-corrected chi connectivity index (χ0v) is 12.5. The zero-order valence-electron chi connectivity index (χ0n) is 10.8. The Morgan fingerprint density at radius 3 is 2.42 bits per heavy atom. The lowest BCUT2D eigenvalue weighted by molar-refractivity contribution is -0.385. The molecule has 0 saturated heterocycles. The molecule has 6 nitrogen and oxygen atoms in total. The third kappa shape index (κ3) is 7.95. The van der Waals surface area contributed by atoms with Gasteiger partial charge >= 0.3 is 8.25 Å². The molecule has 0 spiro atoms. The average molecular weight is 310 g/mol. The number of nitro benzene ring substituents is 1. The van der Waals surface area contributed by atoms with Gasteiger partial charge in [-0.1, -0.05) is 38.3 Å². The molecule has 0 fully saturated rings. The lowest BCUT2D eigenvalue weighted by atomic mass is 10.2. The molecule has 1 aromatic rings. The van der Waals surface area contributed by atoms with Crippen LogP contribution in [0.4, 0.5) is 5.69 Å². The van der Waals surface area contributed by atoms with Gasteiger partial charge < -0.3 is 9.42 Å². The lowest BCUT2D eigenvalue weighted by Gasteiger charge is -2.02. The molecule has 0 aromatic heterocycles. The van der Waals surface area contributed by atoms with E-state index in [1.807, 2.05) is 0 Å². The van der Waals surface area contributed by atoms with Gasteiger partial charge in [0.15, 0.2) is 0 Å². The maximum absolute atomic E-state index is 10.6. The van der Waals surface area contributed by atoms with Gasteiger partial charge in [-0.3, -0.25) is 14.7 Å². The van der Waals surface area contributed by atoms with Gasteiger partial charge in [-0.2, -0.15) is 0 Å². The molecule has 1 atom stereocenters. The minimum absolute atomic E-state index is 0.205. The van der Waals surface area contributed by atoms with Gasteiger partial charge in [0.05, 0.1) is 17.1 Å². The van der Waals surface area contributed by atoms with Crippen LogP contribution < -0.4 is 0 Å². The van der Waals surface area contributed by atoms with E-state index in [1.54, 1.807) is 0 Å². The van der Waals surface area contributed by atoms with Crippen molar-refractivity contribution in [1.29, 1.82) is 0 Å². The fraction of sp³-hybridized carbons (Fsp3) is 0.455. The van der Waals surface area contributed by atoms with Crippen LogP contribution in [0.2, 0.25) is 5.02 Å². The van der Waals surface area contributed by atoms with Gasteiger partial charge in [0.25, 0.3) is 5.69 Å². The van der Waals surface area contributed by atoms with Gasteiger partial charge in [0.2, 0.25) is 0 Å². The van der Waals surface area contributed by atoms with Crippen LogP contribution in [0.15, 0.2) is 18.2 Å². The van der Waals surface area contributed by atoms with Crippen molar-refractivity contribution in [3.05, 3.63) is 38.9 Å². The highest BCUT2D eigenvalue weighted by Crippen LogP contribution is 2.26. The summed E-state index contributed by atoms with van der Waals surface area (Å²) in [6.45, 7) is 4.07. The van der Waals surface area contributed by atoms with Gasteiger partial charge in [-0.05, 0) is 12.1 Å². The largest absolute Gasteiger partial charge is 0.326 e. The Labute approximate surface area is 117 Å². The predicted molar refractivity (Wildman–Crippen MR) is 74.7 cm³/mol. The first kappa shape index (κ1) is 18.1. The molecular weight excluding hydrogens is 293 g/mol. The molecule has 0 aliphatic carbocycles. The first-order valence-electron chi connectivity index (χ1n) is 5.70. The Hall–Kier alpha value is -0.940. The number of hydrogen-bond acceptors (Lipinski definition) is 4. The Morgan fingerprint density at radius 2 is 2.00 bits per heavy atom. The summed E-state index contributed by atoms with van der Waals surface area (Å²) in [5.41, 5.74) is -0.0254. The average Bonchev–Trinajstić information content (AvgIpc) is 2.37. The van der Waals surface area contributed by atoms with E-state index < -0.39 is 13.2 Å². The zero-order chi connectivity index (χ0) is 14.8. The van der Waals surface area contributed by atoms with E-state index in [0.29, 0.717) is 0 Å². The smallest absolute Gasteiger partial charge is 0.316 e. The molecule has 0 heterocycles. The molecule has 0 radical (unpaired) electrons. The van der Waals surface area contributed by atoms with Crippen molar-refractivity contribution in [2.75, 3.05) is 0 Å². The summed E-state index contributed by atoms with van der Waals surface area (Å²) < 4.78 is 14.7. The van der Waals surface area contributed by atoms with Gasteiger partial charge in [0, 0.05) is 11.1 Å². The second kappa shape index (κ2) is 9.92. The van der Waals surface area contributed by atoms with Crippen molar-refractivity contribution in [3.63, 3.8) is 0 Å². The summed E-state index contributed by atoms with van der Waals surface area (Å²) in [5, 5.41) is 10.8. The number of unbranched alkanes of at least 4 members (excludes halogenated alkanes) is 1. The number of halogens is 1. The van der Waals surface area contributed by atoms with E-state index in [1.165, 1.54) is 25.0 Å². The molecule has 0 bridgehead atoms. The fourth-order valence-electron chi connectivity index (χ4n) is 0.969. The van der Waals surface area contributed by atoms with E-state index >= 15 is 0 Å². The Balaban J connectivity index is 0.000000711. The normalized spacial score (nSPS) is 11.4. The molecule has 1 unspecified atom stereocenters. The number of hydrogen-bond donors (Lipinski definition) is 1. The van der Waals surface area contributed by atoms with Crippen molar-refractivity contribution in [1.82, 2.24) is 0 Å². The molecule has 0 aliphatic rings. The van der Waals surface area contributed by atoms with E-state index in [9.17, 15) is 14.7 Å². The van der Waals surface area contributed by atoms with Crippen LogP contribution in [0.25, 0.3) is 0 Å². The Kier molecular flexibility index (Phi) is 9.43. The Bertz CT molecular complexity index is 439. The molecule has 108 valence electrons. The summed E-state index contributed by atoms with van der Waals surface area (Å²) in [7, 11) is -3.09. The maximum atomic E-state index is 10.6. The molecule has 1 N–H and O–H groups in total. The summed E-state index contributed by atoms with van der Waals surface area (Å²) in [6.07, 6.45) is 2.64. The van der Waals surface area contributed by atoms with Gasteiger partial charge in [0.1, 0.15) is 0 Å². The molecule has 19 heavy (non-hydrogen) atoms. The van der Waals surface area contributed by atoms with Crippen LogP contribution in [0.1, 0.15) is 32.3 Å². The van der Waals surface area contributed by atoms with Crippen molar-refractivity contribution in [2.45, 2.75) is 33.3 Å². The molecule has 0 aliphatic heterocycles. The quantitative estimate of drug-likeness (QED) is 0.505. The van der Waals surface area contributed by atoms with Crippen LogP contribution in [-0.2, 0) is 15.7 Å². The lowest BCUT2D eigenvalue weighted by Crippen LogP contribution is -1.96. The van der Waals surface area contributed by atoms with Crippen LogP contribution in [0, 0.1) is 10.1 Å². The highest BCUT2D eigenvalue weighted by molar-refractivity contribution is 7.32. The van der Waals surface area contributed by atoms with Crippen LogP contribution in [0.3, 0.4) is 0 Å². The van der Waals surface area contributed by atoms with Crippen molar-refractivity contribution >= 4 is 25.5 Å². The van der Waals surface area contributed by atoms with E-state index in [-0.39, 0.29) is 22.9 Å². The molecule has 0 saturated carbocycles. The van der Waals surface area contributed by atoms with E-state index in [2.05, 4.69) is 18.4 Å². The van der Waals surface area contributed by atoms with Crippen molar-refractivity contribution in [2.24, 2.45) is 0 Å². The standard InChI is InChI=1S/C7H7ClNO5P.C4H10/c8-6-2-1-5(4-14-15(12)13)7(3-6)9(10)11;1-3-4-2/h1-3,15H,4H2,(H,12,13);3-4H2,1-2H3. The predicted octanol–water partition coefficient (Wildman–Crippen LogP) is 3.95. The van der Waals surface area contributed by atoms with Crippen LogP contribution in [-0.4, -0.2) is 9.82 Å². The summed E-state index contributed by atoms with van der Waals surface area (Å²) >= 11 is 5.57. The topological polar surface area (TPSA) is 89.7 Å². The molecule has 1 rings (SSSR count). The molecule has 0 amide bonds. The first-order chi connectivity index (χ1) is 8.92. The van der Waals surface area contributed by atoms with Crippen molar-refractivity contribution in [3.8, 4) is 0 Å². The molecule has 1 aromatic carbocycles. The number of benzene rings is 1. The number of nitro groups is 1. The SMILES string of the molecule is CCCC.O=[N+]([O-])c1cc(Cl)ccc1CO[PH](=O)O. The van der Waals surface area contributed by atoms with Crippen LogP contribution >= 0.6 is 19.9 Å². The summed E-state index contributed by atoms with van der Waals surface area (Å²) in [5.74, 6) is 0. The second-order valence-corrected chi connectivity index (χ2v) is 4.84. The summed E-state index contributed by atoms with van der Waals surface area (Å²) in [6, 6.07) is 3.99. The van der Waals surface area contributed by atoms with E-state index in [4.69, 9.17) is 16.5 Å². The van der Waals surface area contributed by atoms with E-state index in [0.717, 1.165) is 6.07 Å². The van der Waals surface area contributed by atoms with Gasteiger partial charge in [-0.15, -0.1) is 0 Å².